The van der Waals surface area contributed by atoms with Gasteiger partial charge < -0.3 is 16.3 Å². The number of hydrogen-bond donors (Lipinski definition) is 4. The second kappa shape index (κ2) is 7.94. The molecule has 0 bridgehead atoms. The summed E-state index contributed by atoms with van der Waals surface area (Å²) in [7, 11) is 1.45. The first-order chi connectivity index (χ1) is 12.4. The Labute approximate surface area is 152 Å². The van der Waals surface area contributed by atoms with Crippen LogP contribution in [-0.2, 0) is 20.8 Å². The molecule has 1 aromatic carbocycles. The molecule has 3 amide bonds. The summed E-state index contributed by atoms with van der Waals surface area (Å²) in [6, 6.07) is 9.13. The second-order valence-electron chi connectivity index (χ2n) is 6.82. The fourth-order valence-corrected chi connectivity index (χ4v) is 3.68. The van der Waals surface area contributed by atoms with Crippen molar-refractivity contribution in [3.05, 3.63) is 35.9 Å². The molecule has 8 heteroatoms. The van der Waals surface area contributed by atoms with E-state index in [4.69, 9.17) is 5.73 Å². The Kier molecular flexibility index (Phi) is 6.12. The third-order valence-electron chi connectivity index (χ3n) is 5.26. The Balaban J connectivity index is 2.72. The number of benzene rings is 1. The third-order valence-corrected chi connectivity index (χ3v) is 5.26. The number of carbonyl (C=O) groups is 3. The fourth-order valence-electron chi connectivity index (χ4n) is 3.68. The van der Waals surface area contributed by atoms with Gasteiger partial charge in [0, 0.05) is 44.8 Å². The van der Waals surface area contributed by atoms with E-state index in [1.807, 2.05) is 30.3 Å². The highest BCUT2D eigenvalue weighted by Gasteiger charge is 2.61. The van der Waals surface area contributed by atoms with Crippen molar-refractivity contribution in [1.82, 2.24) is 15.7 Å². The first-order valence-corrected chi connectivity index (χ1v) is 8.55. The van der Waals surface area contributed by atoms with Gasteiger partial charge in [-0.3, -0.25) is 19.3 Å². The van der Waals surface area contributed by atoms with Crippen molar-refractivity contribution < 1.29 is 19.6 Å². The molecule has 1 aliphatic heterocycles. The highest BCUT2D eigenvalue weighted by Crippen LogP contribution is 2.41. The SMILES string of the molecule is CNC(=O)[C@](Cc1ccccc1)(N1C(=O)CCC1=O)[C@](C)(CN)CNO. The van der Waals surface area contributed by atoms with Gasteiger partial charge in [-0.15, -0.1) is 0 Å². The number of nitrogens with two attached hydrogens (primary N) is 1. The number of rotatable bonds is 8. The van der Waals surface area contributed by atoms with Crippen LogP contribution in [0.5, 0.6) is 0 Å². The maximum absolute atomic E-state index is 13.2. The molecule has 1 aromatic rings. The lowest BCUT2D eigenvalue weighted by Crippen LogP contribution is -2.72. The van der Waals surface area contributed by atoms with Gasteiger partial charge in [-0.1, -0.05) is 37.3 Å². The number of likely N-dealkylation sites (tertiary alicyclic amines) is 1. The summed E-state index contributed by atoms with van der Waals surface area (Å²) >= 11 is 0. The minimum absolute atomic E-state index is 0.0299. The quantitative estimate of drug-likeness (QED) is 0.375. The fraction of sp³-hybridized carbons (Fsp3) is 0.500. The normalized spacial score (nSPS) is 19.2. The molecule has 0 radical (unpaired) electrons. The number of imide groups is 1. The molecule has 26 heavy (non-hydrogen) atoms. The van der Waals surface area contributed by atoms with Crippen molar-refractivity contribution in [3.63, 3.8) is 0 Å². The Bertz CT molecular complexity index is 665. The molecule has 0 unspecified atom stereocenters. The molecule has 0 aliphatic carbocycles. The van der Waals surface area contributed by atoms with E-state index >= 15 is 0 Å². The molecular weight excluding hydrogens is 336 g/mol. The Morgan fingerprint density at radius 3 is 2.27 bits per heavy atom. The van der Waals surface area contributed by atoms with Gasteiger partial charge in [0.05, 0.1) is 0 Å². The smallest absolute Gasteiger partial charge is 0.247 e. The van der Waals surface area contributed by atoms with Crippen molar-refractivity contribution in [3.8, 4) is 0 Å². The first-order valence-electron chi connectivity index (χ1n) is 8.55. The number of nitrogens with zero attached hydrogens (tertiary/aromatic N) is 1. The van der Waals surface area contributed by atoms with Crippen molar-refractivity contribution in [2.75, 3.05) is 20.1 Å². The topological polar surface area (TPSA) is 125 Å². The molecule has 2 rings (SSSR count). The lowest BCUT2D eigenvalue weighted by Gasteiger charge is -2.50. The summed E-state index contributed by atoms with van der Waals surface area (Å²) in [5, 5.41) is 12.0. The zero-order valence-corrected chi connectivity index (χ0v) is 15.1. The number of nitrogens with one attached hydrogen (secondary N) is 2. The van der Waals surface area contributed by atoms with Crippen LogP contribution in [0.2, 0.25) is 0 Å². The molecule has 5 N–H and O–H groups in total. The van der Waals surface area contributed by atoms with Gasteiger partial charge in [0.2, 0.25) is 17.7 Å². The average molecular weight is 362 g/mol. The van der Waals surface area contributed by atoms with Gasteiger partial charge >= 0.3 is 0 Å². The number of carbonyl (C=O) groups excluding carboxylic acids is 3. The van der Waals surface area contributed by atoms with E-state index in [0.29, 0.717) is 0 Å². The van der Waals surface area contributed by atoms with E-state index < -0.39 is 28.7 Å². The van der Waals surface area contributed by atoms with Crippen molar-refractivity contribution in [2.45, 2.75) is 31.7 Å². The van der Waals surface area contributed by atoms with Crippen LogP contribution >= 0.6 is 0 Å². The van der Waals surface area contributed by atoms with Crippen molar-refractivity contribution in [1.29, 1.82) is 0 Å². The van der Waals surface area contributed by atoms with Gasteiger partial charge in [-0.05, 0) is 5.56 Å². The largest absolute Gasteiger partial charge is 0.357 e. The molecule has 8 nitrogen and oxygen atoms in total. The molecule has 0 aromatic heterocycles. The number of likely N-dealkylation sites (N-methyl/N-ethyl adjacent to an activating group) is 1. The highest BCUT2D eigenvalue weighted by molar-refractivity contribution is 6.07. The molecular formula is C18H26N4O4. The van der Waals surface area contributed by atoms with Gasteiger partial charge in [0.1, 0.15) is 5.54 Å². The van der Waals surface area contributed by atoms with E-state index in [1.165, 1.54) is 7.05 Å². The van der Waals surface area contributed by atoms with Crippen LogP contribution in [0.4, 0.5) is 0 Å². The average Bonchev–Trinajstić information content (AvgIpc) is 2.98. The molecule has 1 saturated heterocycles. The standard InChI is InChI=1S/C18H26N4O4/c1-17(11-19,12-21-26)18(16(25)20-2,10-13-6-4-3-5-7-13)22-14(23)8-9-15(22)24/h3-7,21,26H,8-12,19H2,1-2H3,(H,20,25)/t17-,18+/m1/s1. The summed E-state index contributed by atoms with van der Waals surface area (Å²) in [6.45, 7) is 1.59. The van der Waals surface area contributed by atoms with Crippen molar-refractivity contribution in [2.24, 2.45) is 11.1 Å². The van der Waals surface area contributed by atoms with Crippen LogP contribution in [0.15, 0.2) is 30.3 Å². The molecule has 1 fully saturated rings. The second-order valence-corrected chi connectivity index (χ2v) is 6.82. The van der Waals surface area contributed by atoms with Gasteiger partial charge in [0.25, 0.3) is 0 Å². The zero-order valence-electron chi connectivity index (χ0n) is 15.1. The van der Waals surface area contributed by atoms with Gasteiger partial charge in [0.15, 0.2) is 0 Å². The Hall–Kier alpha value is -2.29. The summed E-state index contributed by atoms with van der Waals surface area (Å²) in [4.78, 5) is 39.5. The van der Waals surface area contributed by atoms with E-state index in [-0.39, 0.29) is 32.4 Å². The lowest BCUT2D eigenvalue weighted by molar-refractivity contribution is -0.163. The number of hydrogen-bond acceptors (Lipinski definition) is 6. The predicted molar refractivity (Wildman–Crippen MR) is 95.0 cm³/mol. The Morgan fingerprint density at radius 1 is 1.23 bits per heavy atom. The monoisotopic (exact) mass is 362 g/mol. The van der Waals surface area contributed by atoms with Crippen LogP contribution in [0.1, 0.15) is 25.3 Å². The van der Waals surface area contributed by atoms with E-state index in [1.54, 1.807) is 6.92 Å². The van der Waals surface area contributed by atoms with E-state index in [2.05, 4.69) is 10.8 Å². The maximum Gasteiger partial charge on any atom is 0.247 e. The van der Waals surface area contributed by atoms with Crippen LogP contribution in [-0.4, -0.2) is 53.5 Å². The van der Waals surface area contributed by atoms with Gasteiger partial charge in [-0.2, -0.15) is 0 Å². The van der Waals surface area contributed by atoms with E-state index in [9.17, 15) is 19.6 Å². The van der Waals surface area contributed by atoms with E-state index in [0.717, 1.165) is 10.5 Å². The van der Waals surface area contributed by atoms with Crippen LogP contribution < -0.4 is 16.5 Å². The maximum atomic E-state index is 13.2. The van der Waals surface area contributed by atoms with Gasteiger partial charge in [-0.25, -0.2) is 5.48 Å². The first kappa shape index (κ1) is 20.0. The van der Waals surface area contributed by atoms with Crippen molar-refractivity contribution >= 4 is 17.7 Å². The zero-order chi connectivity index (χ0) is 19.4. The number of hydroxylamine groups is 1. The molecule has 142 valence electrons. The predicted octanol–water partition coefficient (Wildman–Crippen LogP) is -0.193. The van der Waals surface area contributed by atoms with Crippen LogP contribution in [0.25, 0.3) is 0 Å². The number of amides is 3. The molecule has 0 saturated carbocycles. The molecule has 1 heterocycles. The molecule has 0 spiro atoms. The summed E-state index contributed by atoms with van der Waals surface area (Å²) in [5.74, 6) is -1.31. The third kappa shape index (κ3) is 3.23. The highest BCUT2D eigenvalue weighted by atomic mass is 16.5. The van der Waals surface area contributed by atoms with Crippen LogP contribution in [0, 0.1) is 5.41 Å². The van der Waals surface area contributed by atoms with Crippen LogP contribution in [0.3, 0.4) is 0 Å². The summed E-state index contributed by atoms with van der Waals surface area (Å²) in [5.41, 5.74) is 6.18. The minimum Gasteiger partial charge on any atom is -0.357 e. The Morgan fingerprint density at radius 2 is 1.81 bits per heavy atom. The minimum atomic E-state index is -1.57. The molecule has 1 aliphatic rings. The lowest BCUT2D eigenvalue weighted by atomic mass is 9.65. The molecule has 2 atom stereocenters. The summed E-state index contributed by atoms with van der Waals surface area (Å²) in [6.07, 6.45) is 0.208. The summed E-state index contributed by atoms with van der Waals surface area (Å²) < 4.78 is 0.